The molecule has 3 nitrogen and oxygen atoms in total. The van der Waals surface area contributed by atoms with Gasteiger partial charge in [0.1, 0.15) is 11.3 Å². The second kappa shape index (κ2) is 5.05. The largest absolute Gasteiger partial charge is 0.312 e. The second-order valence-corrected chi connectivity index (χ2v) is 5.20. The Balaban J connectivity index is 2.54. The summed E-state index contributed by atoms with van der Waals surface area (Å²) in [7, 11) is 0. The SMILES string of the molecule is Cc1cnc2c(c1)nc(CCCl)n2CC(C)C. The van der Waals surface area contributed by atoms with Crippen LogP contribution in [0.1, 0.15) is 25.2 Å². The van der Waals surface area contributed by atoms with Gasteiger partial charge in [-0.3, -0.25) is 0 Å². The molecule has 0 aliphatic rings. The first kappa shape index (κ1) is 12.4. The summed E-state index contributed by atoms with van der Waals surface area (Å²) in [6.07, 6.45) is 2.69. The lowest BCUT2D eigenvalue weighted by molar-refractivity contribution is 0.516. The molecule has 2 aromatic heterocycles. The van der Waals surface area contributed by atoms with E-state index in [2.05, 4.69) is 34.4 Å². The predicted molar refractivity (Wildman–Crippen MR) is 71.5 cm³/mol. The second-order valence-electron chi connectivity index (χ2n) is 4.83. The Morgan fingerprint density at radius 2 is 2.18 bits per heavy atom. The molecule has 0 unspecified atom stereocenters. The summed E-state index contributed by atoms with van der Waals surface area (Å²) in [5, 5.41) is 0. The molecule has 4 heteroatoms. The predicted octanol–water partition coefficient (Wildman–Crippen LogP) is 3.18. The summed E-state index contributed by atoms with van der Waals surface area (Å²) in [5.74, 6) is 2.21. The highest BCUT2D eigenvalue weighted by molar-refractivity contribution is 6.17. The number of rotatable bonds is 4. The van der Waals surface area contributed by atoms with E-state index in [1.54, 1.807) is 0 Å². The summed E-state index contributed by atoms with van der Waals surface area (Å²) in [5.41, 5.74) is 3.10. The Kier molecular flexibility index (Phi) is 3.67. The van der Waals surface area contributed by atoms with Gasteiger partial charge in [-0.1, -0.05) is 13.8 Å². The van der Waals surface area contributed by atoms with Crippen molar-refractivity contribution in [1.29, 1.82) is 0 Å². The first-order valence-corrected chi connectivity index (χ1v) is 6.53. The number of imidazole rings is 1. The third-order valence-electron chi connectivity index (χ3n) is 2.67. The number of hydrogen-bond acceptors (Lipinski definition) is 2. The van der Waals surface area contributed by atoms with Crippen LogP contribution in [0, 0.1) is 12.8 Å². The molecule has 2 aromatic rings. The third-order valence-corrected chi connectivity index (χ3v) is 2.86. The van der Waals surface area contributed by atoms with Gasteiger partial charge in [0.2, 0.25) is 0 Å². The molecule has 92 valence electrons. The maximum Gasteiger partial charge on any atom is 0.160 e. The van der Waals surface area contributed by atoms with Crippen LogP contribution in [0.5, 0.6) is 0 Å². The summed E-state index contributed by atoms with van der Waals surface area (Å²) >= 11 is 5.83. The quantitative estimate of drug-likeness (QED) is 0.782. The van der Waals surface area contributed by atoms with Gasteiger partial charge in [0.25, 0.3) is 0 Å². The summed E-state index contributed by atoms with van der Waals surface area (Å²) in [6, 6.07) is 2.08. The van der Waals surface area contributed by atoms with Crippen LogP contribution in [0.25, 0.3) is 11.2 Å². The number of aromatic nitrogens is 3. The van der Waals surface area contributed by atoms with Crippen molar-refractivity contribution in [2.45, 2.75) is 33.7 Å². The lowest BCUT2D eigenvalue weighted by Gasteiger charge is -2.10. The molecule has 0 saturated heterocycles. The highest BCUT2D eigenvalue weighted by atomic mass is 35.5. The van der Waals surface area contributed by atoms with E-state index >= 15 is 0 Å². The average molecular weight is 252 g/mol. The molecule has 0 atom stereocenters. The Morgan fingerprint density at radius 1 is 1.41 bits per heavy atom. The third kappa shape index (κ3) is 2.60. The summed E-state index contributed by atoms with van der Waals surface area (Å²) in [6.45, 7) is 7.38. The first-order valence-electron chi connectivity index (χ1n) is 5.99. The zero-order chi connectivity index (χ0) is 12.4. The molecule has 17 heavy (non-hydrogen) atoms. The molecule has 0 aromatic carbocycles. The molecular formula is C13H18ClN3. The monoisotopic (exact) mass is 251 g/mol. The van der Waals surface area contributed by atoms with Crippen molar-refractivity contribution < 1.29 is 0 Å². The van der Waals surface area contributed by atoms with Gasteiger partial charge in [-0.15, -0.1) is 11.6 Å². The topological polar surface area (TPSA) is 30.7 Å². The molecule has 0 aliphatic carbocycles. The zero-order valence-electron chi connectivity index (χ0n) is 10.6. The normalized spacial score (nSPS) is 11.6. The van der Waals surface area contributed by atoms with Crippen LogP contribution in [0.3, 0.4) is 0 Å². The fraction of sp³-hybridized carbons (Fsp3) is 0.538. The van der Waals surface area contributed by atoms with Crippen LogP contribution in [-0.4, -0.2) is 20.4 Å². The minimum Gasteiger partial charge on any atom is -0.312 e. The lowest BCUT2D eigenvalue weighted by atomic mass is 10.2. The molecule has 0 spiro atoms. The van der Waals surface area contributed by atoms with Gasteiger partial charge in [-0.2, -0.15) is 0 Å². The van der Waals surface area contributed by atoms with Crippen LogP contribution >= 0.6 is 11.6 Å². The van der Waals surface area contributed by atoms with Gasteiger partial charge in [0, 0.05) is 25.0 Å². The van der Waals surface area contributed by atoms with Crippen molar-refractivity contribution >= 4 is 22.8 Å². The Labute approximate surface area is 107 Å². The maximum atomic E-state index is 5.83. The van der Waals surface area contributed by atoms with Gasteiger partial charge in [-0.25, -0.2) is 9.97 Å². The van der Waals surface area contributed by atoms with Crippen molar-refractivity contribution in [3.63, 3.8) is 0 Å². The minimum absolute atomic E-state index is 0.574. The van der Waals surface area contributed by atoms with E-state index in [9.17, 15) is 0 Å². The standard InChI is InChI=1S/C13H18ClN3/c1-9(2)8-17-12(4-5-14)16-11-6-10(3)7-15-13(11)17/h6-7,9H,4-5,8H2,1-3H3. The van der Waals surface area contributed by atoms with Crippen molar-refractivity contribution in [3.8, 4) is 0 Å². The molecule has 0 fully saturated rings. The maximum absolute atomic E-state index is 5.83. The van der Waals surface area contributed by atoms with E-state index in [0.717, 1.165) is 35.5 Å². The number of pyridine rings is 1. The number of aryl methyl sites for hydroxylation is 2. The molecule has 0 saturated carbocycles. The Bertz CT molecular complexity index is 517. The number of nitrogens with zero attached hydrogens (tertiary/aromatic N) is 3. The van der Waals surface area contributed by atoms with Gasteiger partial charge < -0.3 is 4.57 Å². The number of hydrogen-bond donors (Lipinski definition) is 0. The van der Waals surface area contributed by atoms with E-state index in [-0.39, 0.29) is 0 Å². The fourth-order valence-corrected chi connectivity index (χ4v) is 2.16. The minimum atomic E-state index is 0.574. The number of halogens is 1. The molecule has 0 radical (unpaired) electrons. The zero-order valence-corrected chi connectivity index (χ0v) is 11.3. The lowest BCUT2D eigenvalue weighted by Crippen LogP contribution is -2.09. The molecule has 2 rings (SSSR count). The summed E-state index contributed by atoms with van der Waals surface area (Å²) < 4.78 is 2.20. The van der Waals surface area contributed by atoms with Gasteiger partial charge >= 0.3 is 0 Å². The van der Waals surface area contributed by atoms with Gasteiger partial charge in [0.05, 0.1) is 0 Å². The van der Waals surface area contributed by atoms with E-state index in [0.29, 0.717) is 11.8 Å². The highest BCUT2D eigenvalue weighted by Gasteiger charge is 2.12. The Morgan fingerprint density at radius 3 is 2.82 bits per heavy atom. The molecule has 0 N–H and O–H groups in total. The summed E-state index contributed by atoms with van der Waals surface area (Å²) in [4.78, 5) is 9.13. The van der Waals surface area contributed by atoms with Crippen molar-refractivity contribution in [3.05, 3.63) is 23.7 Å². The van der Waals surface area contributed by atoms with E-state index in [1.165, 1.54) is 0 Å². The van der Waals surface area contributed by atoms with Crippen LogP contribution < -0.4 is 0 Å². The van der Waals surface area contributed by atoms with Crippen LogP contribution in [-0.2, 0) is 13.0 Å². The van der Waals surface area contributed by atoms with Crippen LogP contribution in [0.4, 0.5) is 0 Å². The van der Waals surface area contributed by atoms with Crippen molar-refractivity contribution in [2.24, 2.45) is 5.92 Å². The molecule has 2 heterocycles. The van der Waals surface area contributed by atoms with Crippen LogP contribution in [0.2, 0.25) is 0 Å². The smallest absolute Gasteiger partial charge is 0.160 e. The van der Waals surface area contributed by atoms with Gasteiger partial charge in [-0.05, 0) is 24.5 Å². The Hall–Kier alpha value is -1.09. The van der Waals surface area contributed by atoms with Crippen molar-refractivity contribution in [1.82, 2.24) is 14.5 Å². The van der Waals surface area contributed by atoms with Crippen LogP contribution in [0.15, 0.2) is 12.3 Å². The highest BCUT2D eigenvalue weighted by Crippen LogP contribution is 2.17. The van der Waals surface area contributed by atoms with E-state index in [4.69, 9.17) is 11.6 Å². The number of fused-ring (bicyclic) bond motifs is 1. The first-order chi connectivity index (χ1) is 8.11. The molecule has 0 aliphatic heterocycles. The van der Waals surface area contributed by atoms with E-state index in [1.807, 2.05) is 13.1 Å². The molecule has 0 bridgehead atoms. The fourth-order valence-electron chi connectivity index (χ4n) is 1.99. The van der Waals surface area contributed by atoms with E-state index < -0.39 is 0 Å². The van der Waals surface area contributed by atoms with Gasteiger partial charge in [0.15, 0.2) is 5.65 Å². The number of alkyl halides is 1. The molecular weight excluding hydrogens is 234 g/mol. The average Bonchev–Trinajstić information content (AvgIpc) is 2.56. The molecule has 0 amide bonds. The van der Waals surface area contributed by atoms with Crippen molar-refractivity contribution in [2.75, 3.05) is 5.88 Å².